The van der Waals surface area contributed by atoms with Crippen molar-refractivity contribution in [3.05, 3.63) is 77.4 Å². The van der Waals surface area contributed by atoms with Crippen molar-refractivity contribution in [2.75, 3.05) is 32.1 Å². The Balaban J connectivity index is 0.885. The van der Waals surface area contributed by atoms with Gasteiger partial charge in [0.1, 0.15) is 18.0 Å². The maximum absolute atomic E-state index is 16.1. The van der Waals surface area contributed by atoms with Crippen LogP contribution in [0.5, 0.6) is 5.75 Å². The van der Waals surface area contributed by atoms with Crippen LogP contribution in [0.3, 0.4) is 0 Å². The maximum atomic E-state index is 16.1. The third-order valence-electron chi connectivity index (χ3n) is 11.4. The van der Waals surface area contributed by atoms with Gasteiger partial charge in [-0.25, -0.2) is 4.39 Å². The van der Waals surface area contributed by atoms with Crippen LogP contribution in [-0.4, -0.2) is 80.1 Å². The summed E-state index contributed by atoms with van der Waals surface area (Å²) in [5, 5.41) is 25.8. The molecule has 1 saturated carbocycles. The Bertz CT molecular complexity index is 2300. The highest BCUT2D eigenvalue weighted by atomic mass is 19.1. The van der Waals surface area contributed by atoms with Gasteiger partial charge in [0.05, 0.1) is 52.6 Å². The molecule has 3 amide bonds. The lowest BCUT2D eigenvalue weighted by Gasteiger charge is -2.38. The smallest absolute Gasteiger partial charge is 0.257 e. The van der Waals surface area contributed by atoms with Crippen molar-refractivity contribution in [2.45, 2.75) is 69.0 Å². The number of nitrogens with one attached hydrogen (secondary N) is 2. The normalized spacial score (nSPS) is 23.6. The number of carbonyl (C=O) groups is 3. The molecule has 3 fully saturated rings. The number of halogens is 1. The Morgan fingerprint density at radius 3 is 2.69 bits per heavy atom. The third kappa shape index (κ3) is 6.80. The summed E-state index contributed by atoms with van der Waals surface area (Å²) in [6.07, 6.45) is 9.19. The van der Waals surface area contributed by atoms with Crippen LogP contribution in [-0.2, 0) is 16.6 Å². The summed E-state index contributed by atoms with van der Waals surface area (Å²) in [6, 6.07) is 13.3. The Morgan fingerprint density at radius 2 is 1.93 bits per heavy atom. The fraction of sp³-hybridized carbons (Fsp3) is 0.425. The quantitative estimate of drug-likeness (QED) is 0.196. The van der Waals surface area contributed by atoms with E-state index in [0.29, 0.717) is 48.0 Å². The van der Waals surface area contributed by atoms with Gasteiger partial charge in [-0.3, -0.25) is 34.0 Å². The van der Waals surface area contributed by atoms with E-state index in [-0.39, 0.29) is 35.8 Å². The van der Waals surface area contributed by atoms with Crippen molar-refractivity contribution in [1.82, 2.24) is 34.8 Å². The van der Waals surface area contributed by atoms with Crippen LogP contribution >= 0.6 is 0 Å². The average molecular weight is 732 g/mol. The highest BCUT2D eigenvalue weighted by Crippen LogP contribution is 2.40. The van der Waals surface area contributed by atoms with E-state index in [1.54, 1.807) is 11.8 Å². The van der Waals surface area contributed by atoms with Gasteiger partial charge in [0.25, 0.3) is 5.91 Å². The number of imide groups is 1. The Labute approximate surface area is 311 Å². The van der Waals surface area contributed by atoms with Crippen LogP contribution < -0.4 is 15.4 Å². The molecule has 1 unspecified atom stereocenters. The molecule has 3 atom stereocenters. The molecule has 5 aromatic rings. The number of pyridine rings is 1. The zero-order valence-electron chi connectivity index (χ0n) is 30.3. The summed E-state index contributed by atoms with van der Waals surface area (Å²) in [7, 11) is 3.39. The number of aromatic nitrogens is 5. The van der Waals surface area contributed by atoms with Crippen LogP contribution in [0.4, 0.5) is 10.1 Å². The van der Waals surface area contributed by atoms with Crippen LogP contribution in [0.15, 0.2) is 55.0 Å². The molecule has 2 aromatic carbocycles. The summed E-state index contributed by atoms with van der Waals surface area (Å²) < 4.78 is 25.5. The van der Waals surface area contributed by atoms with Gasteiger partial charge in [-0.15, -0.1) is 0 Å². The summed E-state index contributed by atoms with van der Waals surface area (Å²) in [6.45, 7) is 2.05. The van der Waals surface area contributed by atoms with E-state index < -0.39 is 18.0 Å². The maximum Gasteiger partial charge on any atom is 0.257 e. The Hall–Kier alpha value is -5.68. The molecule has 14 heteroatoms. The van der Waals surface area contributed by atoms with Crippen LogP contribution in [0.1, 0.15) is 90.0 Å². The minimum Gasteiger partial charge on any atom is -0.494 e. The molecule has 8 rings (SSSR count). The first-order chi connectivity index (χ1) is 26.2. The van der Waals surface area contributed by atoms with Crippen LogP contribution in [0, 0.1) is 17.2 Å². The number of carbonyl (C=O) groups excluding carboxylic acids is 3. The lowest BCUT2D eigenvalue weighted by Crippen LogP contribution is -2.43. The predicted molar refractivity (Wildman–Crippen MR) is 199 cm³/mol. The van der Waals surface area contributed by atoms with Gasteiger partial charge in [-0.2, -0.15) is 15.5 Å². The molecular weight excluding hydrogens is 689 g/mol. The third-order valence-corrected chi connectivity index (χ3v) is 11.4. The molecule has 2 saturated heterocycles. The molecule has 3 aliphatic rings. The number of amides is 3. The molecular formula is C40H42FN9O4. The minimum atomic E-state index is -1.03. The number of piperidine rings is 2. The number of para-hydroxylation sites is 1. The highest BCUT2D eigenvalue weighted by Gasteiger charge is 2.36. The van der Waals surface area contributed by atoms with E-state index in [1.165, 1.54) is 18.5 Å². The van der Waals surface area contributed by atoms with Crippen molar-refractivity contribution >= 4 is 45.2 Å². The lowest BCUT2D eigenvalue weighted by atomic mass is 9.83. The molecule has 3 aromatic heterocycles. The van der Waals surface area contributed by atoms with E-state index in [1.807, 2.05) is 54.3 Å². The monoisotopic (exact) mass is 731 g/mol. The van der Waals surface area contributed by atoms with Crippen LogP contribution in [0.2, 0.25) is 0 Å². The molecule has 0 bridgehead atoms. The van der Waals surface area contributed by atoms with Crippen molar-refractivity contribution in [2.24, 2.45) is 13.0 Å². The van der Waals surface area contributed by atoms with Crippen molar-refractivity contribution < 1.29 is 23.5 Å². The predicted octanol–water partition coefficient (Wildman–Crippen LogP) is 5.53. The largest absolute Gasteiger partial charge is 0.494 e. The number of nitrogens with zero attached hydrogens (tertiary/aromatic N) is 7. The molecule has 54 heavy (non-hydrogen) atoms. The number of hydrogen-bond acceptors (Lipinski definition) is 9. The van der Waals surface area contributed by atoms with Gasteiger partial charge in [-0.05, 0) is 68.7 Å². The first-order valence-corrected chi connectivity index (χ1v) is 18.6. The zero-order chi connectivity index (χ0) is 37.5. The molecule has 278 valence electrons. The van der Waals surface area contributed by atoms with E-state index in [0.717, 1.165) is 66.1 Å². The number of anilines is 1. The number of rotatable bonds is 8. The average Bonchev–Trinajstić information content (AvgIpc) is 3.75. The number of methoxy groups -OCH3 is 1. The second-order valence-electron chi connectivity index (χ2n) is 14.8. The molecule has 2 N–H and O–H groups in total. The molecule has 0 spiro atoms. The van der Waals surface area contributed by atoms with Gasteiger partial charge in [-0.1, -0.05) is 18.2 Å². The van der Waals surface area contributed by atoms with Gasteiger partial charge in [0.2, 0.25) is 11.8 Å². The number of nitriles is 1. The van der Waals surface area contributed by atoms with Crippen molar-refractivity contribution in [3.63, 3.8) is 0 Å². The summed E-state index contributed by atoms with van der Waals surface area (Å²) in [5.74, 6) is -0.777. The van der Waals surface area contributed by atoms with Gasteiger partial charge in [0, 0.05) is 67.9 Å². The Morgan fingerprint density at radius 1 is 1.09 bits per heavy atom. The highest BCUT2D eigenvalue weighted by molar-refractivity contribution is 6.06. The number of alkyl halides is 1. The Kier molecular flexibility index (Phi) is 9.58. The SMILES string of the molecule is COc1cc2nn(C3CCC(CN4CC[C@@H](c5cccc6c(C7CCC(=O)NC7=O)nn(C)c56)[C@H](F)C4)CC3)cc2cc1NC(=O)c1cncc(C#N)c1. The fourth-order valence-electron chi connectivity index (χ4n) is 8.69. The molecule has 13 nitrogen and oxygen atoms in total. The lowest BCUT2D eigenvalue weighted by molar-refractivity contribution is -0.134. The first kappa shape index (κ1) is 35.4. The fourth-order valence-corrected chi connectivity index (χ4v) is 8.69. The standard InChI is InChI=1S/C40H42FN9O4/c1-48-38-29(4-3-5-30(38)37(47-48)31-10-11-36(51)45-40(31)53)28-12-13-49(22-32(28)41)20-23-6-8-27(9-7-23)50-21-26-15-34(35(54-2)16-33(26)46-50)44-39(52)25-14-24(17-42)18-43-19-25/h3-5,14-16,18-19,21,23,27-28,31-32H,6-13,20,22H2,1-2H3,(H,44,52)(H,45,51,53)/t23?,27?,28-,31?,32+/m0/s1. The minimum absolute atomic E-state index is 0.238. The van der Waals surface area contributed by atoms with Crippen molar-refractivity contribution in [1.29, 1.82) is 5.26 Å². The molecule has 2 aliphatic heterocycles. The van der Waals surface area contributed by atoms with E-state index in [4.69, 9.17) is 14.9 Å². The van der Waals surface area contributed by atoms with Gasteiger partial charge in [0.15, 0.2) is 0 Å². The van der Waals surface area contributed by atoms with Crippen molar-refractivity contribution in [3.8, 4) is 11.8 Å². The number of fused-ring (bicyclic) bond motifs is 2. The molecule has 5 heterocycles. The van der Waals surface area contributed by atoms with Crippen LogP contribution in [0.25, 0.3) is 21.8 Å². The summed E-state index contributed by atoms with van der Waals surface area (Å²) >= 11 is 0. The molecule has 1 aliphatic carbocycles. The van der Waals surface area contributed by atoms with E-state index in [2.05, 4.69) is 20.5 Å². The zero-order valence-corrected chi connectivity index (χ0v) is 30.3. The van der Waals surface area contributed by atoms with Gasteiger partial charge < -0.3 is 15.0 Å². The second-order valence-corrected chi connectivity index (χ2v) is 14.8. The van der Waals surface area contributed by atoms with Gasteiger partial charge >= 0.3 is 0 Å². The topological polar surface area (TPSA) is 160 Å². The summed E-state index contributed by atoms with van der Waals surface area (Å²) in [4.78, 5) is 43.6. The molecule has 0 radical (unpaired) electrons. The number of benzene rings is 2. The number of likely N-dealkylation sites (tertiary alicyclic amines) is 1. The van der Waals surface area contributed by atoms with E-state index in [9.17, 15) is 19.6 Å². The van der Waals surface area contributed by atoms with E-state index >= 15 is 4.39 Å². The number of ether oxygens (including phenoxy) is 1. The number of aryl methyl sites for hydroxylation is 1. The number of hydrogen-bond donors (Lipinski definition) is 2. The summed E-state index contributed by atoms with van der Waals surface area (Å²) in [5.41, 5.74) is 4.29. The first-order valence-electron chi connectivity index (χ1n) is 18.6. The second kappa shape index (κ2) is 14.6.